The summed E-state index contributed by atoms with van der Waals surface area (Å²) in [5.41, 5.74) is 7.98. The van der Waals surface area contributed by atoms with Crippen molar-refractivity contribution in [2.24, 2.45) is 11.7 Å². The lowest BCUT2D eigenvalue weighted by molar-refractivity contribution is -0.147. The van der Waals surface area contributed by atoms with E-state index >= 15 is 0 Å². The predicted molar refractivity (Wildman–Crippen MR) is 109 cm³/mol. The molecule has 29 heavy (non-hydrogen) atoms. The zero-order valence-electron chi connectivity index (χ0n) is 16.7. The van der Waals surface area contributed by atoms with Crippen LogP contribution in [0.25, 0.3) is 11.3 Å². The van der Waals surface area contributed by atoms with Crippen LogP contribution in [0.3, 0.4) is 0 Å². The number of carbonyl (C=O) groups is 2. The average molecular weight is 418 g/mol. The predicted octanol–water partition coefficient (Wildman–Crippen LogP) is 3.62. The Morgan fingerprint density at radius 3 is 2.38 bits per heavy atom. The highest BCUT2D eigenvalue weighted by Gasteiger charge is 2.28. The zero-order valence-corrected chi connectivity index (χ0v) is 17.5. The molecular weight excluding hydrogens is 394 g/mol. The van der Waals surface area contributed by atoms with Gasteiger partial charge in [0.15, 0.2) is 0 Å². The molecule has 0 saturated heterocycles. The molecule has 0 aliphatic heterocycles. The maximum atomic E-state index is 11.6. The Balaban J connectivity index is 1.76. The molecule has 1 aromatic heterocycles. The van der Waals surface area contributed by atoms with Gasteiger partial charge in [-0.15, -0.1) is 0 Å². The number of hydrogen-bond acceptors (Lipinski definition) is 6. The number of nitrogens with zero attached hydrogens (tertiary/aromatic N) is 2. The Labute approximate surface area is 174 Å². The lowest BCUT2D eigenvalue weighted by Crippen LogP contribution is -2.28. The molecule has 3 rings (SSSR count). The normalized spacial score (nSPS) is 18.9. The first-order chi connectivity index (χ1) is 13.8. The number of esters is 1. The molecule has 1 heterocycles. The zero-order chi connectivity index (χ0) is 21.1. The summed E-state index contributed by atoms with van der Waals surface area (Å²) in [6.45, 7) is 3.51. The summed E-state index contributed by atoms with van der Waals surface area (Å²) in [5.74, 6) is -0.259. The maximum absolute atomic E-state index is 11.6. The van der Waals surface area contributed by atoms with E-state index in [4.69, 9.17) is 26.8 Å². The highest BCUT2D eigenvalue weighted by Crippen LogP contribution is 2.34. The van der Waals surface area contributed by atoms with Gasteiger partial charge >= 0.3 is 5.97 Å². The van der Waals surface area contributed by atoms with Crippen molar-refractivity contribution in [1.29, 1.82) is 0 Å². The number of nitrogens with two attached hydrogens (primary N) is 1. The monoisotopic (exact) mass is 417 g/mol. The summed E-state index contributed by atoms with van der Waals surface area (Å²) in [5, 5.41) is 0.444. The molecule has 0 spiro atoms. The third-order valence-electron chi connectivity index (χ3n) is 5.19. The lowest BCUT2D eigenvalue weighted by atomic mass is 9.87. The number of carbonyl (C=O) groups excluding carboxylic acids is 2. The Kier molecular flexibility index (Phi) is 6.37. The molecule has 1 aromatic carbocycles. The van der Waals surface area contributed by atoms with Crippen molar-refractivity contribution in [2.75, 3.05) is 7.11 Å². The highest BCUT2D eigenvalue weighted by atomic mass is 35.5. The van der Waals surface area contributed by atoms with E-state index in [1.807, 2.05) is 13.0 Å². The fraction of sp³-hybridized carbons (Fsp3) is 0.429. The number of aryl methyl sites for hydroxylation is 2. The minimum Gasteiger partial charge on any atom is -0.489 e. The van der Waals surface area contributed by atoms with Crippen molar-refractivity contribution in [3.8, 4) is 17.0 Å². The van der Waals surface area contributed by atoms with E-state index in [9.17, 15) is 9.59 Å². The number of ether oxygens (including phenoxy) is 2. The van der Waals surface area contributed by atoms with E-state index in [-0.39, 0.29) is 23.7 Å². The molecule has 1 aliphatic rings. The van der Waals surface area contributed by atoms with Gasteiger partial charge in [-0.25, -0.2) is 4.98 Å². The van der Waals surface area contributed by atoms with E-state index in [1.54, 1.807) is 19.1 Å². The van der Waals surface area contributed by atoms with Crippen LogP contribution in [0.2, 0.25) is 5.02 Å². The summed E-state index contributed by atoms with van der Waals surface area (Å²) in [4.78, 5) is 32.0. The van der Waals surface area contributed by atoms with E-state index in [1.165, 1.54) is 7.11 Å². The Morgan fingerprint density at radius 1 is 1.10 bits per heavy atom. The number of amides is 1. The van der Waals surface area contributed by atoms with E-state index in [0.717, 1.165) is 31.2 Å². The first kappa shape index (κ1) is 21.0. The molecule has 8 heteroatoms. The molecule has 1 amide bonds. The summed E-state index contributed by atoms with van der Waals surface area (Å²) in [6, 6.07) is 5.36. The van der Waals surface area contributed by atoms with Gasteiger partial charge in [-0.05, 0) is 57.7 Å². The number of halogens is 1. The van der Waals surface area contributed by atoms with Crippen molar-refractivity contribution >= 4 is 23.5 Å². The Hall–Kier alpha value is -2.67. The van der Waals surface area contributed by atoms with Gasteiger partial charge in [0.25, 0.3) is 5.91 Å². The highest BCUT2D eigenvalue weighted by molar-refractivity contribution is 6.32. The summed E-state index contributed by atoms with van der Waals surface area (Å²) >= 11 is 6.45. The van der Waals surface area contributed by atoms with Crippen LogP contribution < -0.4 is 10.5 Å². The van der Waals surface area contributed by atoms with Crippen molar-refractivity contribution in [3.63, 3.8) is 0 Å². The van der Waals surface area contributed by atoms with Crippen molar-refractivity contribution in [3.05, 3.63) is 40.3 Å². The second-order valence-corrected chi connectivity index (χ2v) is 7.62. The fourth-order valence-electron chi connectivity index (χ4n) is 3.64. The van der Waals surface area contributed by atoms with E-state index < -0.39 is 5.91 Å². The molecular formula is C21H24ClN3O4. The molecule has 1 saturated carbocycles. The number of rotatable bonds is 5. The summed E-state index contributed by atoms with van der Waals surface area (Å²) in [6.07, 6.45) is 3.01. The Bertz CT molecular complexity index is 940. The van der Waals surface area contributed by atoms with Gasteiger partial charge in [0.05, 0.1) is 41.2 Å². The summed E-state index contributed by atoms with van der Waals surface area (Å²) < 4.78 is 10.9. The second kappa shape index (κ2) is 8.78. The second-order valence-electron chi connectivity index (χ2n) is 7.22. The number of methoxy groups -OCH3 is 1. The third-order valence-corrected chi connectivity index (χ3v) is 5.48. The Morgan fingerprint density at radius 2 is 1.79 bits per heavy atom. The van der Waals surface area contributed by atoms with Crippen LogP contribution in [-0.4, -0.2) is 35.1 Å². The smallest absolute Gasteiger partial charge is 0.308 e. The minimum atomic E-state index is -0.621. The molecule has 154 valence electrons. The van der Waals surface area contributed by atoms with Gasteiger partial charge < -0.3 is 15.2 Å². The molecule has 0 radical (unpaired) electrons. The van der Waals surface area contributed by atoms with Crippen LogP contribution in [0, 0.1) is 19.8 Å². The van der Waals surface area contributed by atoms with Gasteiger partial charge in [-0.2, -0.15) is 0 Å². The van der Waals surface area contributed by atoms with E-state index in [2.05, 4.69) is 9.97 Å². The van der Waals surface area contributed by atoms with Crippen molar-refractivity contribution < 1.29 is 19.1 Å². The van der Waals surface area contributed by atoms with Gasteiger partial charge in [-0.1, -0.05) is 11.6 Å². The number of benzene rings is 1. The first-order valence-electron chi connectivity index (χ1n) is 9.49. The van der Waals surface area contributed by atoms with Gasteiger partial charge in [0.2, 0.25) is 0 Å². The van der Waals surface area contributed by atoms with E-state index in [0.29, 0.717) is 27.9 Å². The quantitative estimate of drug-likeness (QED) is 0.745. The number of aromatic nitrogens is 2. The first-order valence-corrected chi connectivity index (χ1v) is 9.87. The van der Waals surface area contributed by atoms with Gasteiger partial charge in [-0.3, -0.25) is 14.6 Å². The van der Waals surface area contributed by atoms with Gasteiger partial charge in [0, 0.05) is 5.56 Å². The largest absolute Gasteiger partial charge is 0.489 e. The van der Waals surface area contributed by atoms with Crippen LogP contribution in [0.4, 0.5) is 0 Å². The van der Waals surface area contributed by atoms with Crippen LogP contribution >= 0.6 is 11.6 Å². The van der Waals surface area contributed by atoms with Crippen molar-refractivity contribution in [1.82, 2.24) is 9.97 Å². The molecule has 1 aliphatic carbocycles. The SMILES string of the molecule is COC(=O)[C@H]1CC[C@@H](Oc2ccc(-c3nc(C(N)=O)c(C)nc3C)cc2Cl)CC1. The van der Waals surface area contributed by atoms with Gasteiger partial charge in [0.1, 0.15) is 11.4 Å². The molecule has 0 unspecified atom stereocenters. The molecule has 1 fully saturated rings. The molecule has 2 aromatic rings. The van der Waals surface area contributed by atoms with Crippen LogP contribution in [-0.2, 0) is 9.53 Å². The minimum absolute atomic E-state index is 0.00150. The van der Waals surface area contributed by atoms with Crippen molar-refractivity contribution in [2.45, 2.75) is 45.6 Å². The number of primary amides is 1. The fourth-order valence-corrected chi connectivity index (χ4v) is 3.87. The van der Waals surface area contributed by atoms with Crippen LogP contribution in [0.1, 0.15) is 47.6 Å². The molecule has 7 nitrogen and oxygen atoms in total. The molecule has 0 atom stereocenters. The molecule has 2 N–H and O–H groups in total. The topological polar surface area (TPSA) is 104 Å². The maximum Gasteiger partial charge on any atom is 0.308 e. The lowest BCUT2D eigenvalue weighted by Gasteiger charge is -2.27. The standard InChI is InChI=1S/C21H24ClN3O4/c1-11-18(25-19(20(23)26)12(2)24-11)14-6-9-17(16(22)10-14)29-15-7-4-13(5-8-15)21(27)28-3/h6,9-10,13,15H,4-5,7-8H2,1-3H3,(H2,23,26)/t13-,15+. The summed E-state index contributed by atoms with van der Waals surface area (Å²) in [7, 11) is 1.42. The average Bonchev–Trinajstić information content (AvgIpc) is 2.69. The third kappa shape index (κ3) is 4.67. The number of hydrogen-bond donors (Lipinski definition) is 1. The van der Waals surface area contributed by atoms with Crippen LogP contribution in [0.5, 0.6) is 5.75 Å². The van der Waals surface area contributed by atoms with Crippen LogP contribution in [0.15, 0.2) is 18.2 Å². The molecule has 0 bridgehead atoms.